The minimum atomic E-state index is -0.573. The van der Waals surface area contributed by atoms with Crippen LogP contribution in [0.1, 0.15) is 71.6 Å². The first kappa shape index (κ1) is 19.2. The van der Waals surface area contributed by atoms with Gasteiger partial charge in [0.25, 0.3) is 0 Å². The molecule has 6 heteroatoms. The zero-order valence-electron chi connectivity index (χ0n) is 15.8. The van der Waals surface area contributed by atoms with E-state index in [1.165, 1.54) is 0 Å². The number of aromatic nitrogens is 1. The molecule has 6 nitrogen and oxygen atoms in total. The molecule has 1 N–H and O–H groups in total. The number of likely N-dealkylation sites (N-methyl/N-ethyl adjacent to an activating group) is 1. The summed E-state index contributed by atoms with van der Waals surface area (Å²) >= 11 is 0. The van der Waals surface area contributed by atoms with Crippen LogP contribution in [-0.2, 0) is 9.53 Å². The Morgan fingerprint density at radius 3 is 2.40 bits per heavy atom. The fourth-order valence-corrected chi connectivity index (χ4v) is 3.56. The number of rotatable bonds is 6. The second kappa shape index (κ2) is 7.85. The number of nitrogens with zero attached hydrogens (tertiary/aromatic N) is 1. The van der Waals surface area contributed by atoms with E-state index in [2.05, 4.69) is 4.98 Å². The molecule has 25 heavy (non-hydrogen) atoms. The highest BCUT2D eigenvalue weighted by Crippen LogP contribution is 2.28. The predicted octanol–water partition coefficient (Wildman–Crippen LogP) is 3.03. The molecule has 1 aliphatic carbocycles. The highest BCUT2D eigenvalue weighted by molar-refractivity contribution is 6.06. The van der Waals surface area contributed by atoms with Gasteiger partial charge in [0.15, 0.2) is 5.78 Å². The van der Waals surface area contributed by atoms with Crippen molar-refractivity contribution in [2.24, 2.45) is 5.92 Å². The smallest absolute Gasteiger partial charge is 0.355 e. The molecule has 0 radical (unpaired) electrons. The molecule has 1 saturated carbocycles. The van der Waals surface area contributed by atoms with E-state index in [1.807, 2.05) is 0 Å². The first-order valence-corrected chi connectivity index (χ1v) is 8.96. The average Bonchev–Trinajstić information content (AvgIpc) is 3.21. The number of carbonyl (C=O) groups excluding carboxylic acids is 3. The Labute approximate surface area is 148 Å². The molecular formula is C19H28N2O4. The minimum Gasteiger partial charge on any atom is -0.461 e. The van der Waals surface area contributed by atoms with Crippen molar-refractivity contribution in [3.63, 3.8) is 0 Å². The van der Waals surface area contributed by atoms with E-state index in [9.17, 15) is 14.4 Å². The quantitative estimate of drug-likeness (QED) is 0.633. The van der Waals surface area contributed by atoms with E-state index < -0.39 is 12.0 Å². The Morgan fingerprint density at radius 2 is 1.84 bits per heavy atom. The van der Waals surface area contributed by atoms with Gasteiger partial charge < -0.3 is 14.6 Å². The maximum atomic E-state index is 13.0. The lowest BCUT2D eigenvalue weighted by molar-refractivity contribution is -0.135. The van der Waals surface area contributed by atoms with Crippen molar-refractivity contribution in [3.8, 4) is 0 Å². The van der Waals surface area contributed by atoms with Crippen LogP contribution in [0.5, 0.6) is 0 Å². The van der Waals surface area contributed by atoms with Crippen LogP contribution in [0.2, 0.25) is 0 Å². The molecular weight excluding hydrogens is 320 g/mol. The van der Waals surface area contributed by atoms with Crippen LogP contribution < -0.4 is 0 Å². The molecule has 0 aromatic carbocycles. The van der Waals surface area contributed by atoms with Crippen molar-refractivity contribution in [1.82, 2.24) is 9.88 Å². The number of aromatic amines is 1. The molecule has 0 saturated heterocycles. The molecule has 0 bridgehead atoms. The number of nitrogens with one attached hydrogen (secondary N) is 1. The second-order valence-electron chi connectivity index (χ2n) is 6.82. The highest BCUT2D eigenvalue weighted by Gasteiger charge is 2.33. The van der Waals surface area contributed by atoms with Gasteiger partial charge in [-0.05, 0) is 46.1 Å². The van der Waals surface area contributed by atoms with Crippen molar-refractivity contribution in [3.05, 3.63) is 22.5 Å². The molecule has 0 unspecified atom stereocenters. The topological polar surface area (TPSA) is 79.5 Å². The number of ketones is 1. The molecule has 1 aromatic rings. The molecule has 1 amide bonds. The van der Waals surface area contributed by atoms with E-state index in [1.54, 1.807) is 39.6 Å². The standard InChI is InChI=1S/C19H28N2O4/c1-6-25-19(24)16-11(2)15(12(3)20-16)17(22)13(4)21(5)18(23)14-9-7-8-10-14/h13-14,20H,6-10H2,1-5H3/t13-/m0/s1. The number of aryl methyl sites for hydroxylation is 1. The molecule has 1 fully saturated rings. The van der Waals surface area contributed by atoms with Gasteiger partial charge in [-0.15, -0.1) is 0 Å². The molecule has 0 spiro atoms. The van der Waals surface area contributed by atoms with Gasteiger partial charge in [-0.2, -0.15) is 0 Å². The molecule has 1 aromatic heterocycles. The summed E-state index contributed by atoms with van der Waals surface area (Å²) < 4.78 is 5.02. The number of hydrogen-bond donors (Lipinski definition) is 1. The molecule has 138 valence electrons. The number of hydrogen-bond acceptors (Lipinski definition) is 4. The van der Waals surface area contributed by atoms with Crippen LogP contribution in [0.15, 0.2) is 0 Å². The van der Waals surface area contributed by atoms with E-state index in [4.69, 9.17) is 4.74 Å². The van der Waals surface area contributed by atoms with Crippen molar-refractivity contribution in [1.29, 1.82) is 0 Å². The number of ether oxygens (including phenoxy) is 1. The van der Waals surface area contributed by atoms with Crippen molar-refractivity contribution >= 4 is 17.7 Å². The fraction of sp³-hybridized carbons (Fsp3) is 0.632. The summed E-state index contributed by atoms with van der Waals surface area (Å²) in [7, 11) is 1.69. The van der Waals surface area contributed by atoms with Crippen LogP contribution in [0.3, 0.4) is 0 Å². The van der Waals surface area contributed by atoms with Crippen molar-refractivity contribution in [2.75, 3.05) is 13.7 Å². The summed E-state index contributed by atoms with van der Waals surface area (Å²) in [6.45, 7) is 7.24. The van der Waals surface area contributed by atoms with Gasteiger partial charge >= 0.3 is 5.97 Å². The van der Waals surface area contributed by atoms with Gasteiger partial charge in [-0.1, -0.05) is 12.8 Å². The van der Waals surface area contributed by atoms with Crippen LogP contribution in [-0.4, -0.2) is 47.2 Å². The molecule has 1 atom stereocenters. The summed E-state index contributed by atoms with van der Waals surface area (Å²) in [5.41, 5.74) is 1.98. The summed E-state index contributed by atoms with van der Waals surface area (Å²) in [5.74, 6) is -0.556. The van der Waals surface area contributed by atoms with Crippen LogP contribution in [0.4, 0.5) is 0 Å². The lowest BCUT2D eigenvalue weighted by Gasteiger charge is -2.26. The number of esters is 1. The predicted molar refractivity (Wildman–Crippen MR) is 94.7 cm³/mol. The zero-order valence-corrected chi connectivity index (χ0v) is 15.8. The van der Waals surface area contributed by atoms with Crippen molar-refractivity contribution < 1.29 is 19.1 Å². The molecule has 1 aliphatic rings. The average molecular weight is 348 g/mol. The summed E-state index contributed by atoms with van der Waals surface area (Å²) in [4.78, 5) is 42.1. The maximum absolute atomic E-state index is 13.0. The zero-order chi connectivity index (χ0) is 18.7. The number of amides is 1. The second-order valence-corrected chi connectivity index (χ2v) is 6.82. The third-order valence-electron chi connectivity index (χ3n) is 5.18. The van der Waals surface area contributed by atoms with Gasteiger partial charge in [-0.3, -0.25) is 9.59 Å². The summed E-state index contributed by atoms with van der Waals surface area (Å²) in [5, 5.41) is 0. The largest absolute Gasteiger partial charge is 0.461 e. The SMILES string of the molecule is CCOC(=O)c1[nH]c(C)c(C(=O)[C@H](C)N(C)C(=O)C2CCCC2)c1C. The number of H-pyrrole nitrogens is 1. The molecule has 2 rings (SSSR count). The Hall–Kier alpha value is -2.11. The van der Waals surface area contributed by atoms with E-state index >= 15 is 0 Å². The van der Waals surface area contributed by atoms with Crippen LogP contribution in [0, 0.1) is 19.8 Å². The third-order valence-corrected chi connectivity index (χ3v) is 5.18. The normalized spacial score (nSPS) is 15.9. The van der Waals surface area contributed by atoms with E-state index in [0.717, 1.165) is 25.7 Å². The molecule has 1 heterocycles. The van der Waals surface area contributed by atoms with E-state index in [-0.39, 0.29) is 24.2 Å². The fourth-order valence-electron chi connectivity index (χ4n) is 3.56. The lowest BCUT2D eigenvalue weighted by atomic mass is 9.98. The Balaban J connectivity index is 2.21. The number of carbonyl (C=O) groups is 3. The van der Waals surface area contributed by atoms with Gasteiger partial charge in [0.1, 0.15) is 5.69 Å². The van der Waals surface area contributed by atoms with Gasteiger partial charge in [0, 0.05) is 24.2 Å². The minimum absolute atomic E-state index is 0.0313. The summed E-state index contributed by atoms with van der Waals surface area (Å²) in [6.07, 6.45) is 3.95. The van der Waals surface area contributed by atoms with Crippen LogP contribution in [0.25, 0.3) is 0 Å². The third kappa shape index (κ3) is 3.78. The first-order valence-electron chi connectivity index (χ1n) is 8.96. The Kier molecular flexibility index (Phi) is 6.03. The Morgan fingerprint density at radius 1 is 1.24 bits per heavy atom. The van der Waals surface area contributed by atoms with Gasteiger partial charge in [-0.25, -0.2) is 4.79 Å². The monoisotopic (exact) mass is 348 g/mol. The highest BCUT2D eigenvalue weighted by atomic mass is 16.5. The van der Waals surface area contributed by atoms with Gasteiger partial charge in [0.2, 0.25) is 5.91 Å². The first-order chi connectivity index (χ1) is 11.8. The lowest BCUT2D eigenvalue weighted by Crippen LogP contribution is -2.43. The number of Topliss-reactive ketones (excluding diaryl/α,β-unsaturated/α-hetero) is 1. The summed E-state index contributed by atoms with van der Waals surface area (Å²) in [6, 6.07) is -0.573. The maximum Gasteiger partial charge on any atom is 0.355 e. The molecule has 0 aliphatic heterocycles. The van der Waals surface area contributed by atoms with Crippen LogP contribution >= 0.6 is 0 Å². The Bertz CT molecular complexity index is 671. The van der Waals surface area contributed by atoms with E-state index in [0.29, 0.717) is 22.5 Å². The van der Waals surface area contributed by atoms with Crippen molar-refractivity contribution in [2.45, 2.75) is 59.4 Å². The van der Waals surface area contributed by atoms with Gasteiger partial charge in [0.05, 0.1) is 12.6 Å².